The molecule has 0 heterocycles. The van der Waals surface area contributed by atoms with Crippen molar-refractivity contribution in [3.8, 4) is 0 Å². The van der Waals surface area contributed by atoms with Crippen molar-refractivity contribution < 1.29 is 14.0 Å². The minimum absolute atomic E-state index is 0.729. The standard InChI is InChI=1S/C28H62N2O/c1-7-9-11-13-15-17-19-21-25-29(3,4)26-23-24-28-31-30(5,6)27-22-20-18-16-14-12-10-8-2/h7-28H2,1-6H3/q+2. The lowest BCUT2D eigenvalue weighted by atomic mass is 10.1. The van der Waals surface area contributed by atoms with Crippen LogP contribution in [0, 0.1) is 0 Å². The Bertz CT molecular complexity index is 334. The molecule has 0 N–H and O–H groups in total. The molecule has 3 heteroatoms. The topological polar surface area (TPSA) is 9.23 Å². The Morgan fingerprint density at radius 1 is 0.419 bits per heavy atom. The van der Waals surface area contributed by atoms with Gasteiger partial charge in [0, 0.05) is 0 Å². The average molecular weight is 443 g/mol. The van der Waals surface area contributed by atoms with Crippen molar-refractivity contribution in [2.24, 2.45) is 0 Å². The van der Waals surface area contributed by atoms with Crippen LogP contribution in [0.15, 0.2) is 0 Å². The van der Waals surface area contributed by atoms with Gasteiger partial charge in [-0.1, -0.05) is 90.9 Å². The van der Waals surface area contributed by atoms with Gasteiger partial charge in [0.05, 0.1) is 41.3 Å². The molecule has 0 rings (SSSR count). The predicted molar refractivity (Wildman–Crippen MR) is 139 cm³/mol. The number of hydroxylamine groups is 3. The molecule has 188 valence electrons. The largest absolute Gasteiger partial charge is 0.328 e. The van der Waals surface area contributed by atoms with E-state index < -0.39 is 0 Å². The maximum absolute atomic E-state index is 6.19. The summed E-state index contributed by atoms with van der Waals surface area (Å²) in [5.41, 5.74) is 0. The Balaban J connectivity index is 3.59. The van der Waals surface area contributed by atoms with Crippen molar-refractivity contribution in [1.82, 2.24) is 0 Å². The van der Waals surface area contributed by atoms with E-state index in [9.17, 15) is 0 Å². The number of nitrogens with zero attached hydrogens (tertiary/aromatic N) is 2. The lowest BCUT2D eigenvalue weighted by Crippen LogP contribution is -2.42. The van der Waals surface area contributed by atoms with E-state index >= 15 is 0 Å². The molecule has 0 atom stereocenters. The maximum Gasteiger partial charge on any atom is 0.108 e. The first-order chi connectivity index (χ1) is 14.8. The zero-order valence-electron chi connectivity index (χ0n) is 22.9. The normalized spacial score (nSPS) is 12.6. The molecule has 0 unspecified atom stereocenters. The summed E-state index contributed by atoms with van der Waals surface area (Å²) < 4.78 is 1.90. The van der Waals surface area contributed by atoms with Gasteiger partial charge >= 0.3 is 0 Å². The molecule has 0 aromatic carbocycles. The van der Waals surface area contributed by atoms with Crippen molar-refractivity contribution in [1.29, 1.82) is 0 Å². The number of quaternary nitrogens is 2. The van der Waals surface area contributed by atoms with Crippen LogP contribution < -0.4 is 0 Å². The highest BCUT2D eigenvalue weighted by molar-refractivity contribution is 4.48. The first-order valence-electron chi connectivity index (χ1n) is 14.1. The van der Waals surface area contributed by atoms with Crippen LogP contribution in [0.3, 0.4) is 0 Å². The van der Waals surface area contributed by atoms with Gasteiger partial charge in [-0.05, 0) is 38.5 Å². The van der Waals surface area contributed by atoms with Crippen LogP contribution in [-0.2, 0) is 4.84 Å². The summed E-state index contributed by atoms with van der Waals surface area (Å²) in [4.78, 5) is 6.19. The van der Waals surface area contributed by atoms with Crippen molar-refractivity contribution >= 4 is 0 Å². The zero-order valence-corrected chi connectivity index (χ0v) is 22.9. The molecule has 31 heavy (non-hydrogen) atoms. The highest BCUT2D eigenvalue weighted by atomic mass is 16.7. The first kappa shape index (κ1) is 30.9. The molecule has 0 aliphatic heterocycles. The van der Waals surface area contributed by atoms with Gasteiger partial charge in [-0.2, -0.15) is 4.65 Å². The predicted octanol–water partition coefficient (Wildman–Crippen LogP) is 8.13. The summed E-state index contributed by atoms with van der Waals surface area (Å²) in [6.07, 6.45) is 24.9. The summed E-state index contributed by atoms with van der Waals surface area (Å²) in [5.74, 6) is 0. The van der Waals surface area contributed by atoms with Gasteiger partial charge in [0.2, 0.25) is 0 Å². The number of hydrogen-bond acceptors (Lipinski definition) is 1. The fraction of sp³-hybridized carbons (Fsp3) is 1.00. The summed E-state index contributed by atoms with van der Waals surface area (Å²) in [6.45, 7) is 9.25. The third-order valence-corrected chi connectivity index (χ3v) is 6.77. The Hall–Kier alpha value is -0.120. The fourth-order valence-electron chi connectivity index (χ4n) is 4.43. The minimum atomic E-state index is 0.729. The molecule has 0 aliphatic carbocycles. The number of hydrogen-bond donors (Lipinski definition) is 0. The van der Waals surface area contributed by atoms with Gasteiger partial charge in [0.15, 0.2) is 0 Å². The fourth-order valence-corrected chi connectivity index (χ4v) is 4.43. The van der Waals surface area contributed by atoms with Crippen LogP contribution in [0.1, 0.15) is 129 Å². The van der Waals surface area contributed by atoms with E-state index in [1.807, 2.05) is 0 Å². The molecule has 0 radical (unpaired) electrons. The monoisotopic (exact) mass is 442 g/mol. The van der Waals surface area contributed by atoms with Gasteiger partial charge < -0.3 is 4.48 Å². The van der Waals surface area contributed by atoms with E-state index in [2.05, 4.69) is 42.0 Å². The quantitative estimate of drug-likeness (QED) is 0.0832. The van der Waals surface area contributed by atoms with Crippen LogP contribution in [0.5, 0.6) is 0 Å². The molecule has 0 fully saturated rings. The number of unbranched alkanes of at least 4 members (excludes halogenated alkanes) is 15. The number of rotatable bonds is 24. The lowest BCUT2D eigenvalue weighted by molar-refractivity contribution is -1.08. The Labute approximate surface area is 198 Å². The summed E-state index contributed by atoms with van der Waals surface area (Å²) in [7, 11) is 9.27. The highest BCUT2D eigenvalue weighted by Gasteiger charge is 2.17. The van der Waals surface area contributed by atoms with Crippen LogP contribution in [0.25, 0.3) is 0 Å². The van der Waals surface area contributed by atoms with E-state index in [1.54, 1.807) is 0 Å². The third-order valence-electron chi connectivity index (χ3n) is 6.77. The summed E-state index contributed by atoms with van der Waals surface area (Å²) in [6, 6.07) is 0. The van der Waals surface area contributed by atoms with Crippen molar-refractivity contribution in [2.45, 2.75) is 129 Å². The maximum atomic E-state index is 6.19. The van der Waals surface area contributed by atoms with Gasteiger partial charge in [0.25, 0.3) is 0 Å². The molecule has 0 saturated carbocycles. The van der Waals surface area contributed by atoms with E-state index in [-0.39, 0.29) is 0 Å². The SMILES string of the molecule is CCCCCCCCCC[N+](C)(C)CCCCO[N+](C)(C)CCCCCCCCCC. The molecule has 0 bridgehead atoms. The summed E-state index contributed by atoms with van der Waals surface area (Å²) >= 11 is 0. The van der Waals surface area contributed by atoms with Gasteiger partial charge in [-0.15, -0.1) is 0 Å². The lowest BCUT2D eigenvalue weighted by Gasteiger charge is -2.30. The van der Waals surface area contributed by atoms with Crippen molar-refractivity contribution in [2.75, 3.05) is 54.4 Å². The highest BCUT2D eigenvalue weighted by Crippen LogP contribution is 2.13. The second kappa shape index (κ2) is 20.5. The Morgan fingerprint density at radius 3 is 1.23 bits per heavy atom. The molecule has 0 aromatic rings. The van der Waals surface area contributed by atoms with Crippen LogP contribution in [0.4, 0.5) is 0 Å². The molecular weight excluding hydrogens is 380 g/mol. The van der Waals surface area contributed by atoms with Crippen molar-refractivity contribution in [3.63, 3.8) is 0 Å². The van der Waals surface area contributed by atoms with Gasteiger partial charge in [0.1, 0.15) is 13.2 Å². The van der Waals surface area contributed by atoms with Crippen LogP contribution >= 0.6 is 0 Å². The minimum Gasteiger partial charge on any atom is -0.328 e. The van der Waals surface area contributed by atoms with E-state index in [4.69, 9.17) is 4.84 Å². The van der Waals surface area contributed by atoms with Gasteiger partial charge in [-0.3, -0.25) is 0 Å². The van der Waals surface area contributed by atoms with E-state index in [0.29, 0.717) is 0 Å². The molecule has 0 saturated heterocycles. The second-order valence-electron chi connectivity index (χ2n) is 11.2. The Morgan fingerprint density at radius 2 is 0.774 bits per heavy atom. The van der Waals surface area contributed by atoms with E-state index in [0.717, 1.165) is 17.8 Å². The van der Waals surface area contributed by atoms with Gasteiger partial charge in [-0.25, -0.2) is 4.84 Å². The molecule has 0 aromatic heterocycles. The molecule has 0 amide bonds. The first-order valence-corrected chi connectivity index (χ1v) is 14.1. The van der Waals surface area contributed by atoms with E-state index in [1.165, 1.54) is 133 Å². The van der Waals surface area contributed by atoms with Crippen LogP contribution in [-0.4, -0.2) is 63.6 Å². The van der Waals surface area contributed by atoms with Crippen molar-refractivity contribution in [3.05, 3.63) is 0 Å². The third kappa shape index (κ3) is 22.9. The van der Waals surface area contributed by atoms with Crippen LogP contribution in [0.2, 0.25) is 0 Å². The Kier molecular flexibility index (Phi) is 20.4. The zero-order chi connectivity index (χ0) is 23.3. The average Bonchev–Trinajstić information content (AvgIpc) is 2.71. The second-order valence-corrected chi connectivity index (χ2v) is 11.2. The smallest absolute Gasteiger partial charge is 0.108 e. The molecule has 0 spiro atoms. The summed E-state index contributed by atoms with van der Waals surface area (Å²) in [5, 5.41) is 0. The molecule has 3 nitrogen and oxygen atoms in total. The molecular formula is C28H62N2O+2. The molecule has 0 aliphatic rings.